The zero-order valence-corrected chi connectivity index (χ0v) is 16.0. The molecule has 1 aromatic carbocycles. The Morgan fingerprint density at radius 1 is 1.30 bits per heavy atom. The van der Waals surface area contributed by atoms with Gasteiger partial charge >= 0.3 is 0 Å². The lowest BCUT2D eigenvalue weighted by Crippen LogP contribution is -2.41. The second-order valence-corrected chi connectivity index (χ2v) is 7.88. The molecule has 4 nitrogen and oxygen atoms in total. The van der Waals surface area contributed by atoms with Crippen molar-refractivity contribution in [2.24, 2.45) is 16.6 Å². The molecule has 1 saturated heterocycles. The molecule has 0 bridgehead atoms. The van der Waals surface area contributed by atoms with Crippen LogP contribution in [0.25, 0.3) is 11.1 Å². The van der Waals surface area contributed by atoms with Crippen LogP contribution in [0.2, 0.25) is 0 Å². The van der Waals surface area contributed by atoms with E-state index in [0.29, 0.717) is 17.3 Å². The minimum Gasteiger partial charge on any atom is -0.379 e. The van der Waals surface area contributed by atoms with E-state index < -0.39 is 5.54 Å². The zero-order valence-electron chi connectivity index (χ0n) is 15.2. The summed E-state index contributed by atoms with van der Waals surface area (Å²) in [7, 11) is 0. The van der Waals surface area contributed by atoms with E-state index in [-0.39, 0.29) is 17.8 Å². The van der Waals surface area contributed by atoms with Crippen molar-refractivity contribution in [2.75, 3.05) is 12.4 Å². The Morgan fingerprint density at radius 2 is 2.15 bits per heavy atom. The summed E-state index contributed by atoms with van der Waals surface area (Å²) in [5.41, 5.74) is 8.36. The number of rotatable bonds is 2. The van der Waals surface area contributed by atoms with Gasteiger partial charge in [0, 0.05) is 40.8 Å². The van der Waals surface area contributed by atoms with Crippen LogP contribution in [0, 0.1) is 23.6 Å². The molecule has 6 heteroatoms. The van der Waals surface area contributed by atoms with Gasteiger partial charge in [-0.1, -0.05) is 23.7 Å². The van der Waals surface area contributed by atoms with E-state index in [1.807, 2.05) is 19.1 Å². The summed E-state index contributed by atoms with van der Waals surface area (Å²) in [5, 5.41) is 0.482. The number of hydrogen-bond donors (Lipinski definition) is 1. The second kappa shape index (κ2) is 6.99. The van der Waals surface area contributed by atoms with Crippen LogP contribution >= 0.6 is 11.8 Å². The van der Waals surface area contributed by atoms with Gasteiger partial charge in [0.2, 0.25) is 0 Å². The van der Waals surface area contributed by atoms with Gasteiger partial charge in [0.25, 0.3) is 0 Å². The summed E-state index contributed by atoms with van der Waals surface area (Å²) in [5.74, 6) is 6.44. The standard InChI is InChI=1S/C21H20FN3OS/c1-3-4-14-7-16(10-24-9-14)15-5-6-19(22)17(8-15)21-12-26-13(2)18(21)11-27-20(23)25-21/h5-10,13,18H,11-12H2,1-2H3,(H2,23,25)/t13?,18?,21-/m1/s1. The first kappa shape index (κ1) is 18.0. The molecule has 2 aliphatic heterocycles. The molecule has 138 valence electrons. The molecule has 0 aliphatic carbocycles. The van der Waals surface area contributed by atoms with Crippen molar-refractivity contribution in [1.82, 2.24) is 4.98 Å². The first-order chi connectivity index (χ1) is 13.0. The van der Waals surface area contributed by atoms with Crippen molar-refractivity contribution in [3.05, 3.63) is 53.6 Å². The average molecular weight is 381 g/mol. The van der Waals surface area contributed by atoms with Gasteiger partial charge in [-0.3, -0.25) is 4.98 Å². The quantitative estimate of drug-likeness (QED) is 0.808. The Balaban J connectivity index is 1.85. The Bertz CT molecular complexity index is 981. The van der Waals surface area contributed by atoms with Crippen molar-refractivity contribution in [3.63, 3.8) is 0 Å². The predicted molar refractivity (Wildman–Crippen MR) is 107 cm³/mol. The molecule has 0 saturated carbocycles. The topological polar surface area (TPSA) is 60.5 Å². The fourth-order valence-corrected chi connectivity index (χ4v) is 4.97. The summed E-state index contributed by atoms with van der Waals surface area (Å²) >= 11 is 1.51. The number of nitrogens with zero attached hydrogens (tertiary/aromatic N) is 2. The molecular weight excluding hydrogens is 361 g/mol. The fraction of sp³-hybridized carbons (Fsp3) is 0.333. The van der Waals surface area contributed by atoms with Crippen LogP contribution in [-0.4, -0.2) is 28.6 Å². The maximum atomic E-state index is 14.9. The number of hydrogen-bond acceptors (Lipinski definition) is 5. The molecule has 2 unspecified atom stereocenters. The van der Waals surface area contributed by atoms with Crippen molar-refractivity contribution in [1.29, 1.82) is 0 Å². The smallest absolute Gasteiger partial charge is 0.154 e. The van der Waals surface area contributed by atoms with Crippen LogP contribution in [-0.2, 0) is 10.3 Å². The number of pyridine rings is 1. The minimum atomic E-state index is -0.775. The van der Waals surface area contributed by atoms with Gasteiger partial charge in [0.05, 0.1) is 12.7 Å². The van der Waals surface area contributed by atoms with Gasteiger partial charge < -0.3 is 10.5 Å². The van der Waals surface area contributed by atoms with Crippen LogP contribution < -0.4 is 5.73 Å². The molecule has 0 amide bonds. The number of amidine groups is 1. The van der Waals surface area contributed by atoms with Crippen LogP contribution in [0.1, 0.15) is 25.0 Å². The number of nitrogens with two attached hydrogens (primary N) is 1. The van der Waals surface area contributed by atoms with Crippen LogP contribution in [0.4, 0.5) is 4.39 Å². The van der Waals surface area contributed by atoms with Crippen molar-refractivity contribution < 1.29 is 9.13 Å². The van der Waals surface area contributed by atoms with Crippen LogP contribution in [0.15, 0.2) is 41.7 Å². The van der Waals surface area contributed by atoms with Crippen LogP contribution in [0.3, 0.4) is 0 Å². The van der Waals surface area contributed by atoms with Crippen LogP contribution in [0.5, 0.6) is 0 Å². The lowest BCUT2D eigenvalue weighted by atomic mass is 9.78. The molecule has 27 heavy (non-hydrogen) atoms. The molecule has 2 N–H and O–H groups in total. The van der Waals surface area contributed by atoms with E-state index >= 15 is 0 Å². The molecule has 2 aromatic rings. The van der Waals surface area contributed by atoms with Crippen molar-refractivity contribution in [2.45, 2.75) is 25.5 Å². The Hall–Kier alpha value is -2.36. The number of fused-ring (bicyclic) bond motifs is 1. The monoisotopic (exact) mass is 381 g/mol. The second-order valence-electron chi connectivity index (χ2n) is 6.84. The van der Waals surface area contributed by atoms with E-state index in [2.05, 4.69) is 16.8 Å². The number of halogens is 1. The number of aliphatic imine (C=N–C) groups is 1. The maximum Gasteiger partial charge on any atom is 0.154 e. The summed E-state index contributed by atoms with van der Waals surface area (Å²) in [6, 6.07) is 7.06. The molecule has 4 rings (SSSR count). The molecule has 2 aliphatic rings. The number of benzene rings is 1. The van der Waals surface area contributed by atoms with E-state index in [9.17, 15) is 4.39 Å². The normalized spacial score (nSPS) is 26.7. The lowest BCUT2D eigenvalue weighted by Gasteiger charge is -2.35. The van der Waals surface area contributed by atoms with Gasteiger partial charge in [-0.05, 0) is 37.6 Å². The highest BCUT2D eigenvalue weighted by atomic mass is 32.2. The van der Waals surface area contributed by atoms with Crippen molar-refractivity contribution >= 4 is 16.9 Å². The highest BCUT2D eigenvalue weighted by molar-refractivity contribution is 8.13. The van der Waals surface area contributed by atoms with E-state index in [1.54, 1.807) is 25.4 Å². The Labute approximate surface area is 162 Å². The highest BCUT2D eigenvalue weighted by Crippen LogP contribution is 2.48. The predicted octanol–water partition coefficient (Wildman–Crippen LogP) is 3.55. The Kier molecular flexibility index (Phi) is 4.67. The third-order valence-electron chi connectivity index (χ3n) is 5.24. The number of aromatic nitrogens is 1. The summed E-state index contributed by atoms with van der Waals surface area (Å²) < 4.78 is 20.8. The molecule has 3 atom stereocenters. The average Bonchev–Trinajstić information content (AvgIpc) is 2.99. The van der Waals surface area contributed by atoms with Gasteiger partial charge in [0.1, 0.15) is 11.4 Å². The molecule has 1 fully saturated rings. The maximum absolute atomic E-state index is 14.9. The fourth-order valence-electron chi connectivity index (χ4n) is 3.85. The summed E-state index contributed by atoms with van der Waals surface area (Å²) in [4.78, 5) is 8.95. The minimum absolute atomic E-state index is 0.00206. The first-order valence-electron chi connectivity index (χ1n) is 8.81. The van der Waals surface area contributed by atoms with E-state index in [4.69, 9.17) is 15.5 Å². The molecule has 1 aromatic heterocycles. The highest BCUT2D eigenvalue weighted by Gasteiger charge is 2.52. The molecule has 0 spiro atoms. The van der Waals surface area contributed by atoms with Gasteiger partial charge in [-0.25, -0.2) is 9.38 Å². The number of ether oxygens (including phenoxy) is 1. The lowest BCUT2D eigenvalue weighted by molar-refractivity contribution is 0.107. The van der Waals surface area contributed by atoms with E-state index in [1.165, 1.54) is 17.8 Å². The third-order valence-corrected chi connectivity index (χ3v) is 6.15. The number of thioether (sulfide) groups is 1. The van der Waals surface area contributed by atoms with Gasteiger partial charge in [-0.15, -0.1) is 5.92 Å². The third kappa shape index (κ3) is 3.11. The van der Waals surface area contributed by atoms with Crippen molar-refractivity contribution in [3.8, 4) is 23.0 Å². The largest absolute Gasteiger partial charge is 0.379 e. The van der Waals surface area contributed by atoms with Gasteiger partial charge in [-0.2, -0.15) is 0 Å². The Morgan fingerprint density at radius 3 is 2.96 bits per heavy atom. The SMILES string of the molecule is CC#Cc1cncc(-c2ccc(F)c([C@]34COC(C)C3CSC(N)=N4)c2)c1. The first-order valence-corrected chi connectivity index (χ1v) is 9.80. The molecular formula is C21H20FN3OS. The van der Waals surface area contributed by atoms with E-state index in [0.717, 1.165) is 22.4 Å². The van der Waals surface area contributed by atoms with Gasteiger partial charge in [0.15, 0.2) is 5.17 Å². The molecule has 0 radical (unpaired) electrons. The molecule has 3 heterocycles. The summed E-state index contributed by atoms with van der Waals surface area (Å²) in [6.45, 7) is 4.13. The zero-order chi connectivity index (χ0) is 19.0. The summed E-state index contributed by atoms with van der Waals surface area (Å²) in [6.07, 6.45) is 3.48.